The molecule has 0 unspecified atom stereocenters. The van der Waals surface area contributed by atoms with Gasteiger partial charge >= 0.3 is 0 Å². The Balaban J connectivity index is 2.64. The Labute approximate surface area is 120 Å². The van der Waals surface area contributed by atoms with E-state index in [4.69, 9.17) is 10.9 Å². The maximum Gasteiger partial charge on any atom is 0.251 e. The second kappa shape index (κ2) is 6.03. The summed E-state index contributed by atoms with van der Waals surface area (Å²) in [6, 6.07) is 7.25. The van der Waals surface area contributed by atoms with Gasteiger partial charge in [-0.05, 0) is 46.9 Å². The molecule has 4 N–H and O–H groups in total. The summed E-state index contributed by atoms with van der Waals surface area (Å²) in [6.45, 7) is 3.88. The fourth-order valence-electron chi connectivity index (χ4n) is 1.23. The lowest BCUT2D eigenvalue weighted by Gasteiger charge is -2.23. The average Bonchev–Trinajstić information content (AvgIpc) is 2.35. The van der Waals surface area contributed by atoms with E-state index < -0.39 is 5.41 Å². The molecule has 0 bridgehead atoms. The summed E-state index contributed by atoms with van der Waals surface area (Å²) >= 11 is 2.18. The lowest BCUT2D eigenvalue weighted by Crippen LogP contribution is -2.42. The largest absolute Gasteiger partial charge is 0.409 e. The van der Waals surface area contributed by atoms with Crippen LogP contribution in [0.1, 0.15) is 24.2 Å². The van der Waals surface area contributed by atoms with Crippen molar-refractivity contribution in [2.75, 3.05) is 6.54 Å². The van der Waals surface area contributed by atoms with E-state index in [1.165, 1.54) is 0 Å². The van der Waals surface area contributed by atoms with Crippen molar-refractivity contribution >= 4 is 34.3 Å². The number of carbonyl (C=O) groups is 1. The van der Waals surface area contributed by atoms with Crippen LogP contribution in [-0.2, 0) is 0 Å². The summed E-state index contributed by atoms with van der Waals surface area (Å²) < 4.78 is 1.07. The zero-order valence-corrected chi connectivity index (χ0v) is 12.4. The molecule has 0 saturated heterocycles. The van der Waals surface area contributed by atoms with Crippen molar-refractivity contribution in [2.24, 2.45) is 16.3 Å². The van der Waals surface area contributed by atoms with Gasteiger partial charge in [-0.3, -0.25) is 4.79 Å². The molecular weight excluding hydrogens is 345 g/mol. The summed E-state index contributed by atoms with van der Waals surface area (Å²) in [5.74, 6) is -0.0874. The molecule has 1 amide bonds. The standard InChI is InChI=1S/C12H16IN3O2/c1-12(2,11(14)16-18)7-15-10(17)8-3-5-9(13)6-4-8/h3-6,18H,7H2,1-2H3,(H2,14,16)(H,15,17). The van der Waals surface area contributed by atoms with E-state index in [1.807, 2.05) is 12.1 Å². The first kappa shape index (κ1) is 14.7. The molecule has 5 nitrogen and oxygen atoms in total. The number of carbonyl (C=O) groups excluding carboxylic acids is 1. The third-order valence-corrected chi connectivity index (χ3v) is 3.32. The first-order valence-electron chi connectivity index (χ1n) is 5.38. The highest BCUT2D eigenvalue weighted by Gasteiger charge is 2.24. The summed E-state index contributed by atoms with van der Waals surface area (Å²) in [5, 5.41) is 14.4. The molecule has 0 aromatic heterocycles. The Kier molecular flexibility index (Phi) is 4.94. The van der Waals surface area contributed by atoms with Gasteiger partial charge in [-0.2, -0.15) is 0 Å². The number of nitrogens with two attached hydrogens (primary N) is 1. The number of nitrogens with zero attached hydrogens (tertiary/aromatic N) is 1. The van der Waals surface area contributed by atoms with Crippen LogP contribution in [0, 0.1) is 8.99 Å². The van der Waals surface area contributed by atoms with Crippen molar-refractivity contribution in [1.29, 1.82) is 0 Å². The lowest BCUT2D eigenvalue weighted by atomic mass is 9.92. The first-order chi connectivity index (χ1) is 8.36. The van der Waals surface area contributed by atoms with Crippen molar-refractivity contribution in [2.45, 2.75) is 13.8 Å². The SMILES string of the molecule is CC(C)(CNC(=O)c1ccc(I)cc1)/C(N)=N/O. The van der Waals surface area contributed by atoms with Crippen LogP contribution in [0.15, 0.2) is 29.4 Å². The maximum absolute atomic E-state index is 11.9. The van der Waals surface area contributed by atoms with Gasteiger partial charge in [0.1, 0.15) is 5.84 Å². The molecule has 0 heterocycles. The van der Waals surface area contributed by atoms with Crippen LogP contribution in [0.3, 0.4) is 0 Å². The molecule has 0 aliphatic rings. The number of rotatable bonds is 4. The van der Waals surface area contributed by atoms with E-state index in [0.29, 0.717) is 12.1 Å². The topological polar surface area (TPSA) is 87.7 Å². The van der Waals surface area contributed by atoms with Crippen molar-refractivity contribution in [3.05, 3.63) is 33.4 Å². The van der Waals surface area contributed by atoms with Crippen molar-refractivity contribution < 1.29 is 10.0 Å². The second-order valence-electron chi connectivity index (χ2n) is 4.56. The molecule has 1 rings (SSSR count). The van der Waals surface area contributed by atoms with Gasteiger partial charge in [0, 0.05) is 21.1 Å². The van der Waals surface area contributed by atoms with E-state index in [1.54, 1.807) is 26.0 Å². The molecule has 6 heteroatoms. The molecule has 0 saturated carbocycles. The third kappa shape index (κ3) is 3.86. The molecule has 0 fully saturated rings. The minimum absolute atomic E-state index is 0.0883. The fraction of sp³-hybridized carbons (Fsp3) is 0.333. The van der Waals surface area contributed by atoms with Crippen LogP contribution >= 0.6 is 22.6 Å². The first-order valence-corrected chi connectivity index (χ1v) is 6.46. The minimum atomic E-state index is -0.590. The molecule has 0 radical (unpaired) electrons. The van der Waals surface area contributed by atoms with E-state index in [9.17, 15) is 4.79 Å². The normalized spacial score (nSPS) is 12.3. The Morgan fingerprint density at radius 1 is 1.44 bits per heavy atom. The van der Waals surface area contributed by atoms with Crippen LogP contribution in [0.5, 0.6) is 0 Å². The number of hydrogen-bond donors (Lipinski definition) is 3. The highest BCUT2D eigenvalue weighted by Crippen LogP contribution is 2.14. The van der Waals surface area contributed by atoms with Crippen LogP contribution in [-0.4, -0.2) is 23.5 Å². The Hall–Kier alpha value is -1.31. The monoisotopic (exact) mass is 361 g/mol. The molecule has 0 spiro atoms. The number of nitrogens with one attached hydrogen (secondary N) is 1. The van der Waals surface area contributed by atoms with Gasteiger partial charge in [0.25, 0.3) is 5.91 Å². The van der Waals surface area contributed by atoms with Crippen LogP contribution in [0.25, 0.3) is 0 Å². The van der Waals surface area contributed by atoms with Gasteiger partial charge in [-0.1, -0.05) is 19.0 Å². The number of amides is 1. The van der Waals surface area contributed by atoms with Gasteiger partial charge in [0.2, 0.25) is 0 Å². The van der Waals surface area contributed by atoms with Crippen molar-refractivity contribution in [1.82, 2.24) is 5.32 Å². The van der Waals surface area contributed by atoms with Gasteiger partial charge < -0.3 is 16.3 Å². The number of hydrogen-bond acceptors (Lipinski definition) is 3. The van der Waals surface area contributed by atoms with Crippen molar-refractivity contribution in [3.63, 3.8) is 0 Å². The summed E-state index contributed by atoms with van der Waals surface area (Å²) in [5.41, 5.74) is 5.54. The smallest absolute Gasteiger partial charge is 0.251 e. The average molecular weight is 361 g/mol. The molecule has 0 aliphatic heterocycles. The van der Waals surface area contributed by atoms with Crippen LogP contribution in [0.4, 0.5) is 0 Å². The van der Waals surface area contributed by atoms with E-state index in [0.717, 1.165) is 3.57 Å². The minimum Gasteiger partial charge on any atom is -0.409 e. The van der Waals surface area contributed by atoms with E-state index in [2.05, 4.69) is 33.1 Å². The molecule has 18 heavy (non-hydrogen) atoms. The molecule has 1 aromatic rings. The third-order valence-electron chi connectivity index (χ3n) is 2.60. The lowest BCUT2D eigenvalue weighted by molar-refractivity contribution is 0.0944. The second-order valence-corrected chi connectivity index (χ2v) is 5.80. The zero-order chi connectivity index (χ0) is 13.8. The highest BCUT2D eigenvalue weighted by molar-refractivity contribution is 14.1. The molecule has 1 aromatic carbocycles. The zero-order valence-electron chi connectivity index (χ0n) is 10.3. The van der Waals surface area contributed by atoms with Crippen molar-refractivity contribution in [3.8, 4) is 0 Å². The number of oxime groups is 1. The molecule has 98 valence electrons. The Bertz CT molecular complexity index is 455. The van der Waals surface area contributed by atoms with E-state index >= 15 is 0 Å². The van der Waals surface area contributed by atoms with Gasteiger partial charge in [-0.25, -0.2) is 0 Å². The summed E-state index contributed by atoms with van der Waals surface area (Å²) in [4.78, 5) is 11.9. The number of halogens is 1. The van der Waals surface area contributed by atoms with Crippen LogP contribution in [0.2, 0.25) is 0 Å². The summed E-state index contributed by atoms with van der Waals surface area (Å²) in [6.07, 6.45) is 0. The Morgan fingerprint density at radius 2 is 2.00 bits per heavy atom. The maximum atomic E-state index is 11.9. The molecule has 0 aliphatic carbocycles. The summed E-state index contributed by atoms with van der Waals surface area (Å²) in [7, 11) is 0. The van der Waals surface area contributed by atoms with Gasteiger partial charge in [0.15, 0.2) is 0 Å². The molecular formula is C12H16IN3O2. The fourth-order valence-corrected chi connectivity index (χ4v) is 1.59. The van der Waals surface area contributed by atoms with Gasteiger partial charge in [0.05, 0.1) is 0 Å². The molecule has 0 atom stereocenters. The van der Waals surface area contributed by atoms with Gasteiger partial charge in [-0.15, -0.1) is 0 Å². The highest BCUT2D eigenvalue weighted by atomic mass is 127. The quantitative estimate of drug-likeness (QED) is 0.251. The number of amidine groups is 1. The number of benzene rings is 1. The Morgan fingerprint density at radius 3 is 2.50 bits per heavy atom. The predicted octanol–water partition coefficient (Wildman–Crippen LogP) is 1.79. The van der Waals surface area contributed by atoms with Crippen LogP contribution < -0.4 is 11.1 Å². The van der Waals surface area contributed by atoms with E-state index in [-0.39, 0.29) is 11.7 Å². The predicted molar refractivity (Wildman–Crippen MR) is 78.7 cm³/mol.